The highest BCUT2D eigenvalue weighted by atomic mass is 32.2. The molecule has 2 atom stereocenters. The smallest absolute Gasteiger partial charge is 0.289 e. The number of Topliss-reactive ketones (excluding diaryl/α,β-unsaturated/α-hetero) is 1. The van der Waals surface area contributed by atoms with E-state index >= 15 is 0 Å². The van der Waals surface area contributed by atoms with Crippen molar-refractivity contribution >= 4 is 15.6 Å². The molecule has 1 aromatic carbocycles. The van der Waals surface area contributed by atoms with Gasteiger partial charge in [-0.05, 0) is 31.9 Å². The summed E-state index contributed by atoms with van der Waals surface area (Å²) >= 11 is 0. The lowest BCUT2D eigenvalue weighted by molar-refractivity contribution is -0.175. The molecule has 0 aliphatic heterocycles. The summed E-state index contributed by atoms with van der Waals surface area (Å²) in [7, 11) is -4.01. The number of ketones is 1. The van der Waals surface area contributed by atoms with Crippen LogP contribution in [-0.4, -0.2) is 25.6 Å². The van der Waals surface area contributed by atoms with E-state index in [2.05, 4.69) is 0 Å². The largest absolute Gasteiger partial charge is 0.450 e. The number of hydrogen-bond donors (Lipinski definition) is 0. The van der Waals surface area contributed by atoms with E-state index in [1.807, 2.05) is 0 Å². The average molecular weight is 332 g/mol. The Labute approximate surface area is 126 Å². The van der Waals surface area contributed by atoms with Gasteiger partial charge in [-0.3, -0.25) is 4.79 Å². The molecule has 1 aliphatic carbocycles. The highest BCUT2D eigenvalue weighted by molar-refractivity contribution is 7.92. The minimum Gasteiger partial charge on any atom is -0.289 e. The van der Waals surface area contributed by atoms with Gasteiger partial charge >= 0.3 is 6.18 Å². The van der Waals surface area contributed by atoms with Crippen LogP contribution < -0.4 is 0 Å². The van der Waals surface area contributed by atoms with Crippen LogP contribution >= 0.6 is 0 Å². The van der Waals surface area contributed by atoms with Crippen molar-refractivity contribution in [3.05, 3.63) is 42.0 Å². The fraction of sp³-hybridized carbons (Fsp3) is 0.400. The van der Waals surface area contributed by atoms with Crippen LogP contribution in [-0.2, 0) is 14.6 Å². The molecule has 0 unspecified atom stereocenters. The molecule has 3 nitrogen and oxygen atoms in total. The van der Waals surface area contributed by atoms with Gasteiger partial charge in [-0.1, -0.05) is 29.8 Å². The number of carbonyl (C=O) groups is 1. The van der Waals surface area contributed by atoms with E-state index in [4.69, 9.17) is 0 Å². The quantitative estimate of drug-likeness (QED) is 0.798. The zero-order valence-corrected chi connectivity index (χ0v) is 12.6. The molecule has 0 spiro atoms. The van der Waals surface area contributed by atoms with Crippen LogP contribution in [0.15, 0.2) is 46.9 Å². The predicted octanol–water partition coefficient (Wildman–Crippen LogP) is 3.32. The first-order valence-electron chi connectivity index (χ1n) is 6.69. The highest BCUT2D eigenvalue weighted by Gasteiger charge is 2.50. The summed E-state index contributed by atoms with van der Waals surface area (Å²) in [4.78, 5) is 11.5. The van der Waals surface area contributed by atoms with Crippen LogP contribution in [0.4, 0.5) is 13.2 Å². The average Bonchev–Trinajstić information content (AvgIpc) is 2.46. The molecule has 0 fully saturated rings. The van der Waals surface area contributed by atoms with Crippen molar-refractivity contribution in [2.24, 2.45) is 5.92 Å². The molecule has 0 aromatic heterocycles. The maximum Gasteiger partial charge on any atom is 0.450 e. The molecule has 0 amide bonds. The van der Waals surface area contributed by atoms with Gasteiger partial charge in [-0.25, -0.2) is 8.42 Å². The fourth-order valence-corrected chi connectivity index (χ4v) is 4.66. The lowest BCUT2D eigenvalue weighted by atomic mass is 9.86. The minimum absolute atomic E-state index is 0.0605. The maximum atomic E-state index is 12.7. The van der Waals surface area contributed by atoms with E-state index in [-0.39, 0.29) is 17.7 Å². The Kier molecular flexibility index (Phi) is 4.47. The Bertz CT molecular complexity index is 690. The first kappa shape index (κ1) is 16.7. The van der Waals surface area contributed by atoms with Gasteiger partial charge in [0.25, 0.3) is 0 Å². The Balaban J connectivity index is 2.45. The minimum atomic E-state index is -5.03. The van der Waals surface area contributed by atoms with Crippen LogP contribution in [0.5, 0.6) is 0 Å². The Morgan fingerprint density at radius 3 is 2.32 bits per heavy atom. The zero-order chi connectivity index (χ0) is 16.5. The first-order chi connectivity index (χ1) is 10.1. The monoisotopic (exact) mass is 332 g/mol. The third kappa shape index (κ3) is 3.24. The summed E-state index contributed by atoms with van der Waals surface area (Å²) in [5.41, 5.74) is 0.677. The molecular formula is C15H15F3O3S. The van der Waals surface area contributed by atoms with Gasteiger partial charge in [-0.2, -0.15) is 13.2 Å². The fourth-order valence-electron chi connectivity index (χ4n) is 2.62. The number of halogens is 3. The summed E-state index contributed by atoms with van der Waals surface area (Å²) in [6.45, 7) is 1.65. The van der Waals surface area contributed by atoms with E-state index < -0.39 is 33.0 Å². The van der Waals surface area contributed by atoms with Crippen molar-refractivity contribution in [1.29, 1.82) is 0 Å². The van der Waals surface area contributed by atoms with E-state index in [0.29, 0.717) is 5.57 Å². The van der Waals surface area contributed by atoms with Gasteiger partial charge in [0.1, 0.15) is 0 Å². The van der Waals surface area contributed by atoms with Gasteiger partial charge < -0.3 is 0 Å². The summed E-state index contributed by atoms with van der Waals surface area (Å²) in [5, 5.41) is -1.38. The molecule has 1 aliphatic rings. The molecule has 2 rings (SSSR count). The van der Waals surface area contributed by atoms with Crippen LogP contribution in [0, 0.1) is 5.92 Å². The normalized spacial score (nSPS) is 23.0. The maximum absolute atomic E-state index is 12.7. The van der Waals surface area contributed by atoms with E-state index in [1.165, 1.54) is 30.3 Å². The molecule has 0 saturated carbocycles. The molecule has 0 radical (unpaired) electrons. The number of sulfone groups is 1. The van der Waals surface area contributed by atoms with Gasteiger partial charge in [0.05, 0.1) is 10.1 Å². The van der Waals surface area contributed by atoms with Crippen molar-refractivity contribution < 1.29 is 26.4 Å². The molecule has 0 saturated heterocycles. The molecule has 0 heterocycles. The second-order valence-corrected chi connectivity index (χ2v) is 7.52. The van der Waals surface area contributed by atoms with E-state index in [9.17, 15) is 26.4 Å². The molecule has 0 bridgehead atoms. The standard InChI is InChI=1S/C15H15F3O3S/c1-10-7-8-12(14(19)15(16,17)18)13(9-10)22(20,21)11-5-3-2-4-6-11/h2-7,12-13H,8-9H2,1H3/t12-,13-/m1/s1. The van der Waals surface area contributed by atoms with Crippen LogP contribution in [0.2, 0.25) is 0 Å². The zero-order valence-electron chi connectivity index (χ0n) is 11.8. The van der Waals surface area contributed by atoms with Gasteiger partial charge in [0, 0.05) is 5.92 Å². The number of carbonyl (C=O) groups excluding carboxylic acids is 1. The third-order valence-corrected chi connectivity index (χ3v) is 6.00. The summed E-state index contributed by atoms with van der Waals surface area (Å²) in [5.74, 6) is -3.56. The van der Waals surface area contributed by atoms with Crippen molar-refractivity contribution in [3.8, 4) is 0 Å². The summed E-state index contributed by atoms with van der Waals surface area (Å²) in [6, 6.07) is 7.28. The van der Waals surface area contributed by atoms with Crippen molar-refractivity contribution in [3.63, 3.8) is 0 Å². The number of hydrogen-bond acceptors (Lipinski definition) is 3. The van der Waals surface area contributed by atoms with Crippen molar-refractivity contribution in [2.75, 3.05) is 0 Å². The summed E-state index contributed by atoms with van der Waals surface area (Å²) < 4.78 is 63.4. The second-order valence-electron chi connectivity index (χ2n) is 5.36. The van der Waals surface area contributed by atoms with Gasteiger partial charge in [-0.15, -0.1) is 0 Å². The number of alkyl halides is 3. The number of benzene rings is 1. The van der Waals surface area contributed by atoms with Gasteiger partial charge in [0.15, 0.2) is 9.84 Å². The Morgan fingerprint density at radius 1 is 1.18 bits per heavy atom. The third-order valence-electron chi connectivity index (χ3n) is 3.78. The molecule has 1 aromatic rings. The van der Waals surface area contributed by atoms with Gasteiger partial charge in [0.2, 0.25) is 5.78 Å². The van der Waals surface area contributed by atoms with Crippen LogP contribution in [0.25, 0.3) is 0 Å². The number of allylic oxidation sites excluding steroid dienone is 2. The van der Waals surface area contributed by atoms with E-state index in [0.717, 1.165) is 0 Å². The van der Waals surface area contributed by atoms with Crippen molar-refractivity contribution in [1.82, 2.24) is 0 Å². The van der Waals surface area contributed by atoms with Crippen molar-refractivity contribution in [2.45, 2.75) is 36.1 Å². The second kappa shape index (κ2) is 5.87. The molecule has 22 heavy (non-hydrogen) atoms. The lowest BCUT2D eigenvalue weighted by Crippen LogP contribution is -2.42. The summed E-state index contributed by atoms with van der Waals surface area (Å²) in [6.07, 6.45) is -3.80. The van der Waals surface area contributed by atoms with Crippen LogP contribution in [0.3, 0.4) is 0 Å². The SMILES string of the molecule is CC1=CC[C@@H](C(=O)C(F)(F)F)[C@H](S(=O)(=O)c2ccccc2)C1. The topological polar surface area (TPSA) is 51.2 Å². The molecule has 0 N–H and O–H groups in total. The van der Waals surface area contributed by atoms with Crippen LogP contribution in [0.1, 0.15) is 19.8 Å². The first-order valence-corrected chi connectivity index (χ1v) is 8.24. The predicted molar refractivity (Wildman–Crippen MR) is 75.0 cm³/mol. The molecule has 120 valence electrons. The Morgan fingerprint density at radius 2 is 1.77 bits per heavy atom. The van der Waals surface area contributed by atoms with E-state index in [1.54, 1.807) is 13.0 Å². The molecule has 7 heteroatoms. The lowest BCUT2D eigenvalue weighted by Gasteiger charge is -2.29. The number of rotatable bonds is 3. The Hall–Kier alpha value is -1.63. The molecular weight excluding hydrogens is 317 g/mol. The highest BCUT2D eigenvalue weighted by Crippen LogP contribution is 2.37.